The summed E-state index contributed by atoms with van der Waals surface area (Å²) in [5, 5.41) is 2.73. The van der Waals surface area contributed by atoms with Gasteiger partial charge in [0.25, 0.3) is 11.8 Å². The van der Waals surface area contributed by atoms with Gasteiger partial charge in [0.15, 0.2) is 6.61 Å². The Balaban J connectivity index is 1.60. The molecule has 0 aromatic heterocycles. The van der Waals surface area contributed by atoms with Gasteiger partial charge in [0.05, 0.1) is 12.8 Å². The first kappa shape index (κ1) is 18.8. The molecule has 2 amide bonds. The van der Waals surface area contributed by atoms with Crippen LogP contribution in [0.25, 0.3) is 0 Å². The van der Waals surface area contributed by atoms with E-state index in [1.807, 2.05) is 24.3 Å². The fourth-order valence-corrected chi connectivity index (χ4v) is 3.21. The van der Waals surface area contributed by atoms with Gasteiger partial charge in [0, 0.05) is 19.2 Å². The van der Waals surface area contributed by atoms with Crippen LogP contribution in [0.15, 0.2) is 42.5 Å². The van der Waals surface area contributed by atoms with E-state index in [1.165, 1.54) is 5.56 Å². The van der Waals surface area contributed by atoms with Crippen molar-refractivity contribution in [1.82, 2.24) is 4.90 Å². The second-order valence-corrected chi connectivity index (χ2v) is 6.89. The Morgan fingerprint density at radius 2 is 2.00 bits per heavy atom. The van der Waals surface area contributed by atoms with E-state index in [0.29, 0.717) is 29.5 Å². The smallest absolute Gasteiger partial charge is 0.262 e. The second-order valence-electron chi connectivity index (χ2n) is 6.89. The number of nitrogens with zero attached hydrogens (tertiary/aromatic N) is 1. The van der Waals surface area contributed by atoms with E-state index in [-0.39, 0.29) is 18.4 Å². The Bertz CT molecular complexity index is 833. The molecule has 0 spiro atoms. The van der Waals surface area contributed by atoms with E-state index in [0.717, 1.165) is 12.2 Å². The lowest BCUT2D eigenvalue weighted by atomic mass is 10.0. The number of hydrogen-bond donors (Lipinski definition) is 1. The minimum Gasteiger partial charge on any atom is -0.497 e. The number of benzene rings is 2. The molecule has 0 fully saturated rings. The van der Waals surface area contributed by atoms with Crippen LogP contribution in [0.3, 0.4) is 0 Å². The average molecular weight is 368 g/mol. The minimum atomic E-state index is -0.189. The summed E-state index contributed by atoms with van der Waals surface area (Å²) in [5.74, 6) is 1.41. The maximum Gasteiger partial charge on any atom is 0.262 e. The number of ether oxygens (including phenoxy) is 2. The molecule has 1 unspecified atom stereocenters. The highest BCUT2D eigenvalue weighted by Gasteiger charge is 2.20. The zero-order chi connectivity index (χ0) is 19.4. The van der Waals surface area contributed by atoms with Gasteiger partial charge in [-0.1, -0.05) is 19.1 Å². The third-order valence-electron chi connectivity index (χ3n) is 4.54. The fraction of sp³-hybridized carbons (Fsp3) is 0.333. The fourth-order valence-electron chi connectivity index (χ4n) is 3.21. The topological polar surface area (TPSA) is 67.9 Å². The minimum absolute atomic E-state index is 0.0284. The van der Waals surface area contributed by atoms with Crippen LogP contribution in [0.2, 0.25) is 0 Å². The lowest BCUT2D eigenvalue weighted by Gasteiger charge is -2.23. The van der Waals surface area contributed by atoms with Gasteiger partial charge >= 0.3 is 0 Å². The summed E-state index contributed by atoms with van der Waals surface area (Å²) in [6, 6.07) is 13.1. The number of nitrogens with one attached hydrogen (secondary N) is 1. The maximum absolute atomic E-state index is 12.7. The predicted molar refractivity (Wildman–Crippen MR) is 103 cm³/mol. The summed E-state index contributed by atoms with van der Waals surface area (Å²) in [6.07, 6.45) is 0.876. The summed E-state index contributed by atoms with van der Waals surface area (Å²) in [5.41, 5.74) is 2.35. The lowest BCUT2D eigenvalue weighted by Crippen LogP contribution is -2.32. The molecular formula is C21H24N2O4. The molecule has 1 N–H and O–H groups in total. The third-order valence-corrected chi connectivity index (χ3v) is 4.54. The van der Waals surface area contributed by atoms with Gasteiger partial charge in [-0.25, -0.2) is 0 Å². The molecule has 3 rings (SSSR count). The molecule has 1 aliphatic heterocycles. The number of amides is 2. The average Bonchev–Trinajstić information content (AvgIpc) is 2.67. The van der Waals surface area contributed by atoms with Crippen LogP contribution >= 0.6 is 0 Å². The van der Waals surface area contributed by atoms with Gasteiger partial charge in [0.1, 0.15) is 11.5 Å². The molecule has 6 nitrogen and oxygen atoms in total. The van der Waals surface area contributed by atoms with E-state index in [1.54, 1.807) is 37.3 Å². The molecule has 6 heteroatoms. The number of rotatable bonds is 6. The van der Waals surface area contributed by atoms with Gasteiger partial charge in [-0.05, 0) is 48.2 Å². The number of anilines is 1. The molecule has 142 valence electrons. The van der Waals surface area contributed by atoms with Crippen molar-refractivity contribution in [2.75, 3.05) is 32.6 Å². The normalized spacial score (nSPS) is 13.8. The van der Waals surface area contributed by atoms with Crippen LogP contribution in [0.4, 0.5) is 5.69 Å². The van der Waals surface area contributed by atoms with E-state index >= 15 is 0 Å². The number of hydrogen-bond acceptors (Lipinski definition) is 4. The van der Waals surface area contributed by atoms with Crippen molar-refractivity contribution < 1.29 is 19.1 Å². The van der Waals surface area contributed by atoms with Gasteiger partial charge in [-0.3, -0.25) is 9.59 Å². The van der Waals surface area contributed by atoms with Crippen molar-refractivity contribution in [1.29, 1.82) is 0 Å². The Kier molecular flexibility index (Phi) is 5.64. The molecule has 0 aliphatic carbocycles. The number of carbonyl (C=O) groups excluding carboxylic acids is 2. The summed E-state index contributed by atoms with van der Waals surface area (Å²) < 4.78 is 10.6. The van der Waals surface area contributed by atoms with Crippen molar-refractivity contribution in [3.05, 3.63) is 53.6 Å². The van der Waals surface area contributed by atoms with Crippen molar-refractivity contribution >= 4 is 17.5 Å². The molecule has 0 saturated heterocycles. The highest BCUT2D eigenvalue weighted by Crippen LogP contribution is 2.29. The standard InChI is InChI=1S/C21H24N2O4/c1-14(10-15-4-7-17(26-3)8-5-15)12-23(2)21(25)16-6-9-18-19(11-16)27-13-20(24)22-18/h4-9,11,14H,10,12-13H2,1-3H3,(H,22,24). The van der Waals surface area contributed by atoms with Crippen LogP contribution in [0.1, 0.15) is 22.8 Å². The number of carbonyl (C=O) groups is 2. The van der Waals surface area contributed by atoms with E-state index < -0.39 is 0 Å². The van der Waals surface area contributed by atoms with Crippen LogP contribution in [-0.4, -0.2) is 44.0 Å². The number of methoxy groups -OCH3 is 1. The molecule has 2 aromatic rings. The van der Waals surface area contributed by atoms with Crippen molar-refractivity contribution in [3.63, 3.8) is 0 Å². The Hall–Kier alpha value is -3.02. The van der Waals surface area contributed by atoms with Crippen molar-refractivity contribution in [2.24, 2.45) is 5.92 Å². The molecule has 1 atom stereocenters. The van der Waals surface area contributed by atoms with E-state index in [4.69, 9.17) is 9.47 Å². The first-order valence-electron chi connectivity index (χ1n) is 8.91. The SMILES string of the molecule is COc1ccc(CC(C)CN(C)C(=O)c2ccc3c(c2)OCC(=O)N3)cc1. The zero-order valence-corrected chi connectivity index (χ0v) is 15.8. The zero-order valence-electron chi connectivity index (χ0n) is 15.8. The summed E-state index contributed by atoms with van der Waals surface area (Å²) >= 11 is 0. The molecular weight excluding hydrogens is 344 g/mol. The van der Waals surface area contributed by atoms with Gasteiger partial charge in [-0.2, -0.15) is 0 Å². The largest absolute Gasteiger partial charge is 0.497 e. The van der Waals surface area contributed by atoms with Gasteiger partial charge in [-0.15, -0.1) is 0 Å². The monoisotopic (exact) mass is 368 g/mol. The van der Waals surface area contributed by atoms with Crippen molar-refractivity contribution in [3.8, 4) is 11.5 Å². The summed E-state index contributed by atoms with van der Waals surface area (Å²) in [6.45, 7) is 2.73. The highest BCUT2D eigenvalue weighted by molar-refractivity contribution is 5.98. The first-order valence-corrected chi connectivity index (χ1v) is 8.91. The third kappa shape index (κ3) is 4.58. The summed E-state index contributed by atoms with van der Waals surface area (Å²) in [4.78, 5) is 25.8. The quantitative estimate of drug-likeness (QED) is 0.851. The van der Waals surface area contributed by atoms with Crippen LogP contribution in [0, 0.1) is 5.92 Å². The Labute approximate surface area is 159 Å². The summed E-state index contributed by atoms with van der Waals surface area (Å²) in [7, 11) is 3.45. The molecule has 2 aromatic carbocycles. The Morgan fingerprint density at radius 3 is 2.70 bits per heavy atom. The maximum atomic E-state index is 12.7. The van der Waals surface area contributed by atoms with E-state index in [2.05, 4.69) is 12.2 Å². The van der Waals surface area contributed by atoms with Gasteiger partial charge < -0.3 is 19.7 Å². The molecule has 1 heterocycles. The van der Waals surface area contributed by atoms with Crippen LogP contribution < -0.4 is 14.8 Å². The predicted octanol–water partition coefficient (Wildman–Crippen LogP) is 2.98. The lowest BCUT2D eigenvalue weighted by molar-refractivity contribution is -0.118. The van der Waals surface area contributed by atoms with Crippen molar-refractivity contribution in [2.45, 2.75) is 13.3 Å². The molecule has 0 bridgehead atoms. The molecule has 0 radical (unpaired) electrons. The molecule has 27 heavy (non-hydrogen) atoms. The Morgan fingerprint density at radius 1 is 1.26 bits per heavy atom. The highest BCUT2D eigenvalue weighted by atomic mass is 16.5. The first-order chi connectivity index (χ1) is 13.0. The number of fused-ring (bicyclic) bond motifs is 1. The van der Waals surface area contributed by atoms with Gasteiger partial charge in [0.2, 0.25) is 0 Å². The molecule has 1 aliphatic rings. The molecule has 0 saturated carbocycles. The van der Waals surface area contributed by atoms with Crippen LogP contribution in [-0.2, 0) is 11.2 Å². The van der Waals surface area contributed by atoms with E-state index in [9.17, 15) is 9.59 Å². The van der Waals surface area contributed by atoms with Crippen LogP contribution in [0.5, 0.6) is 11.5 Å². The second kappa shape index (κ2) is 8.12.